The van der Waals surface area contributed by atoms with Gasteiger partial charge in [0.25, 0.3) is 0 Å². The van der Waals surface area contributed by atoms with Crippen LogP contribution >= 0.6 is 0 Å². The molecule has 0 unspecified atom stereocenters. The molecule has 3 aliphatic rings. The highest BCUT2D eigenvalue weighted by molar-refractivity contribution is 4.77. The molecule has 2 saturated heterocycles. The van der Waals surface area contributed by atoms with E-state index in [-0.39, 0.29) is 48.0 Å². The summed E-state index contributed by atoms with van der Waals surface area (Å²) in [5.41, 5.74) is 0. The molecule has 2 nitrogen and oxygen atoms in total. The van der Waals surface area contributed by atoms with Gasteiger partial charge in [-0.1, -0.05) is 13.8 Å². The minimum Gasteiger partial charge on any atom is -1.00 e. The lowest BCUT2D eigenvalue weighted by Gasteiger charge is -2.51. The van der Waals surface area contributed by atoms with Crippen molar-refractivity contribution in [2.24, 2.45) is 11.8 Å². The maximum Gasteiger partial charge on any atom is 0.0892 e. The van der Waals surface area contributed by atoms with Crippen molar-refractivity contribution in [1.29, 1.82) is 0 Å². The Morgan fingerprint density at radius 2 is 0.750 bits per heavy atom. The average Bonchev–Trinajstić information content (AvgIpc) is 2.54. The third-order valence-electron chi connectivity index (χ3n) is 7.96. The number of rotatable bonds is 2. The van der Waals surface area contributed by atoms with Gasteiger partial charge >= 0.3 is 0 Å². The monoisotopic (exact) mass is 562 g/mol. The van der Waals surface area contributed by atoms with E-state index in [1.807, 2.05) is 0 Å². The van der Waals surface area contributed by atoms with Crippen molar-refractivity contribution in [3.05, 3.63) is 0 Å². The van der Waals surface area contributed by atoms with Crippen molar-refractivity contribution in [1.82, 2.24) is 0 Å². The minimum absolute atomic E-state index is 0. The maximum absolute atomic E-state index is 2.57. The van der Waals surface area contributed by atoms with Crippen molar-refractivity contribution in [2.45, 2.75) is 77.3 Å². The maximum atomic E-state index is 2.57. The van der Waals surface area contributed by atoms with Crippen molar-refractivity contribution in [2.75, 3.05) is 40.3 Å². The van der Waals surface area contributed by atoms with Gasteiger partial charge < -0.3 is 56.9 Å². The Kier molecular flexibility index (Phi) is 9.31. The number of quaternary nitrogens is 2. The Morgan fingerprint density at radius 3 is 1.00 bits per heavy atom. The molecule has 3 fully saturated rings. The van der Waals surface area contributed by atoms with E-state index in [1.54, 1.807) is 0 Å². The van der Waals surface area contributed by atoms with Crippen LogP contribution in [-0.4, -0.2) is 61.3 Å². The molecule has 1 saturated carbocycles. The third-order valence-corrected chi connectivity index (χ3v) is 7.96. The Labute approximate surface area is 185 Å². The molecule has 24 heavy (non-hydrogen) atoms. The van der Waals surface area contributed by atoms with Crippen molar-refractivity contribution < 1.29 is 56.9 Å². The Morgan fingerprint density at radius 1 is 0.500 bits per heavy atom. The van der Waals surface area contributed by atoms with E-state index < -0.39 is 0 Å². The average molecular weight is 562 g/mol. The second-order valence-electron chi connectivity index (χ2n) is 9.68. The lowest BCUT2D eigenvalue weighted by atomic mass is 9.83. The number of hydrogen-bond acceptors (Lipinski definition) is 0. The first-order chi connectivity index (χ1) is 10.4. The van der Waals surface area contributed by atoms with Gasteiger partial charge in [0, 0.05) is 25.7 Å². The van der Waals surface area contributed by atoms with E-state index in [0.717, 1.165) is 23.9 Å². The zero-order chi connectivity index (χ0) is 15.8. The Hall–Kier alpha value is 1.38. The molecule has 144 valence electrons. The van der Waals surface area contributed by atoms with E-state index in [4.69, 9.17) is 0 Å². The summed E-state index contributed by atoms with van der Waals surface area (Å²) < 4.78 is 2.80. The number of nitrogens with zero attached hydrogens (tertiary/aromatic N) is 2. The van der Waals surface area contributed by atoms with Crippen LogP contribution in [0.3, 0.4) is 0 Å². The van der Waals surface area contributed by atoms with Gasteiger partial charge in [-0.05, 0) is 37.5 Å². The molecule has 0 radical (unpaired) electrons. The number of halogens is 2. The molecule has 0 amide bonds. The van der Waals surface area contributed by atoms with E-state index in [9.17, 15) is 0 Å². The van der Waals surface area contributed by atoms with Crippen LogP contribution in [0.15, 0.2) is 0 Å². The van der Waals surface area contributed by atoms with Crippen LogP contribution in [0.4, 0.5) is 0 Å². The van der Waals surface area contributed by atoms with Gasteiger partial charge in [0.1, 0.15) is 0 Å². The van der Waals surface area contributed by atoms with E-state index in [1.165, 1.54) is 86.5 Å². The predicted molar refractivity (Wildman–Crippen MR) is 94.7 cm³/mol. The SMILES string of the molecule is CC1CC[N+](C)(C2CCC([N+]3(C)CCC(C)CC3)CC2)CC1.[I-].[I-]. The van der Waals surface area contributed by atoms with Gasteiger partial charge in [-0.2, -0.15) is 0 Å². The first kappa shape index (κ1) is 23.4. The van der Waals surface area contributed by atoms with Crippen LogP contribution in [0.25, 0.3) is 0 Å². The first-order valence-electron chi connectivity index (χ1n) is 10.1. The molecule has 0 spiro atoms. The highest BCUT2D eigenvalue weighted by Crippen LogP contribution is 2.37. The summed E-state index contributed by atoms with van der Waals surface area (Å²) in [7, 11) is 5.13. The quantitative estimate of drug-likeness (QED) is 0.272. The zero-order valence-electron chi connectivity index (χ0n) is 16.4. The molecule has 4 heteroatoms. The van der Waals surface area contributed by atoms with Crippen molar-refractivity contribution >= 4 is 0 Å². The largest absolute Gasteiger partial charge is 1.00 e. The fourth-order valence-electron chi connectivity index (χ4n) is 5.61. The van der Waals surface area contributed by atoms with Crippen LogP contribution in [0.5, 0.6) is 0 Å². The highest BCUT2D eigenvalue weighted by atomic mass is 127. The van der Waals surface area contributed by atoms with Crippen LogP contribution in [0.2, 0.25) is 0 Å². The van der Waals surface area contributed by atoms with Crippen LogP contribution in [0.1, 0.15) is 65.2 Å². The minimum atomic E-state index is 0. The summed E-state index contributed by atoms with van der Waals surface area (Å²) in [6, 6.07) is 1.94. The molecule has 0 aromatic heterocycles. The summed E-state index contributed by atoms with van der Waals surface area (Å²) >= 11 is 0. The normalized spacial score (nSPS) is 46.5. The van der Waals surface area contributed by atoms with Gasteiger partial charge in [0.05, 0.1) is 52.4 Å². The molecule has 0 atom stereocenters. The van der Waals surface area contributed by atoms with E-state index in [0.29, 0.717) is 0 Å². The molecule has 3 rings (SSSR count). The van der Waals surface area contributed by atoms with Gasteiger partial charge in [-0.3, -0.25) is 0 Å². The molecule has 2 heterocycles. The number of piperidine rings is 2. The van der Waals surface area contributed by atoms with Gasteiger partial charge in [-0.15, -0.1) is 0 Å². The Balaban J connectivity index is 0.00000144. The molecular weight excluding hydrogens is 522 g/mol. The van der Waals surface area contributed by atoms with Crippen molar-refractivity contribution in [3.63, 3.8) is 0 Å². The van der Waals surface area contributed by atoms with Crippen molar-refractivity contribution in [3.8, 4) is 0 Å². The van der Waals surface area contributed by atoms with Crippen LogP contribution in [-0.2, 0) is 0 Å². The number of likely N-dealkylation sites (tertiary alicyclic amines) is 2. The topological polar surface area (TPSA) is 0 Å². The predicted octanol–water partition coefficient (Wildman–Crippen LogP) is -1.94. The lowest BCUT2D eigenvalue weighted by Crippen LogP contribution is -3.00. The van der Waals surface area contributed by atoms with Gasteiger partial charge in [-0.25, -0.2) is 0 Å². The highest BCUT2D eigenvalue weighted by Gasteiger charge is 2.43. The van der Waals surface area contributed by atoms with Gasteiger partial charge in [0.2, 0.25) is 0 Å². The fourth-order valence-corrected chi connectivity index (χ4v) is 5.61. The molecule has 2 aliphatic heterocycles. The molecule has 0 aromatic carbocycles. The second-order valence-corrected chi connectivity index (χ2v) is 9.68. The van der Waals surface area contributed by atoms with Gasteiger partial charge in [0.15, 0.2) is 0 Å². The summed E-state index contributed by atoms with van der Waals surface area (Å²) in [6.07, 6.45) is 11.8. The molecule has 0 N–H and O–H groups in total. The third kappa shape index (κ3) is 5.22. The van der Waals surface area contributed by atoms with Crippen LogP contribution < -0.4 is 48.0 Å². The summed E-state index contributed by atoms with van der Waals surface area (Å²) in [4.78, 5) is 0. The molecular formula is C20H40I2N2. The van der Waals surface area contributed by atoms with E-state index >= 15 is 0 Å². The molecule has 0 aromatic rings. The zero-order valence-corrected chi connectivity index (χ0v) is 20.8. The number of hydrogen-bond donors (Lipinski definition) is 0. The smallest absolute Gasteiger partial charge is 0.0892 e. The van der Waals surface area contributed by atoms with E-state index in [2.05, 4.69) is 27.9 Å². The summed E-state index contributed by atoms with van der Waals surface area (Å²) in [6.45, 7) is 10.7. The summed E-state index contributed by atoms with van der Waals surface area (Å²) in [5, 5.41) is 0. The fraction of sp³-hybridized carbons (Fsp3) is 1.00. The molecule has 1 aliphatic carbocycles. The standard InChI is InChI=1S/C20H40N2.2HI/c1-17-9-13-21(3,14-10-17)19-5-7-20(8-6-19)22(4)15-11-18(2)12-16-22;;/h17-20H,5-16H2,1-4H3;2*1H/q+2;;/p-2. The first-order valence-corrected chi connectivity index (χ1v) is 10.1. The van der Waals surface area contributed by atoms with Crippen LogP contribution in [0, 0.1) is 11.8 Å². The summed E-state index contributed by atoms with van der Waals surface area (Å²) in [5.74, 6) is 1.95. The second kappa shape index (κ2) is 9.54. The lowest BCUT2D eigenvalue weighted by molar-refractivity contribution is -0.953. The Bertz CT molecular complexity index is 328. The molecule has 0 bridgehead atoms.